The van der Waals surface area contributed by atoms with Crippen LogP contribution in [0.4, 0.5) is 0 Å². The first-order valence-corrected chi connectivity index (χ1v) is 6.62. The number of nitrogens with one attached hydrogen (secondary N) is 2. The van der Waals surface area contributed by atoms with Crippen LogP contribution in [0.5, 0.6) is 0 Å². The molecule has 1 aromatic carbocycles. The zero-order valence-electron chi connectivity index (χ0n) is 12.5. The van der Waals surface area contributed by atoms with E-state index in [9.17, 15) is 14.4 Å². The maximum atomic E-state index is 12.1. The topological polar surface area (TPSA) is 111 Å². The predicted molar refractivity (Wildman–Crippen MR) is 81.2 cm³/mol. The summed E-state index contributed by atoms with van der Waals surface area (Å²) in [5.74, 6) is -1.70. The van der Waals surface area contributed by atoms with Crippen molar-refractivity contribution in [3.05, 3.63) is 41.6 Å². The Kier molecular flexibility index (Phi) is 6.78. The maximum Gasteiger partial charge on any atom is 0.325 e. The average Bonchev–Trinajstić information content (AvgIpc) is 2.52. The molecular weight excluding hydrogens is 286 g/mol. The third-order valence-corrected chi connectivity index (χ3v) is 2.65. The molecule has 1 atom stereocenters. The van der Waals surface area contributed by atoms with Crippen LogP contribution in [0.1, 0.15) is 12.5 Å². The zero-order valence-corrected chi connectivity index (χ0v) is 12.5. The Bertz CT molecular complexity index is 567. The number of carbonyl (C=O) groups is 3. The Balaban J connectivity index is 2.91. The van der Waals surface area contributed by atoms with Crippen LogP contribution in [-0.4, -0.2) is 37.5 Å². The Morgan fingerprint density at radius 2 is 1.91 bits per heavy atom. The largest absolute Gasteiger partial charge is 0.468 e. The van der Waals surface area contributed by atoms with Crippen LogP contribution < -0.4 is 16.4 Å². The molecule has 0 aromatic heterocycles. The molecule has 0 unspecified atom stereocenters. The molecule has 0 aliphatic carbocycles. The number of benzene rings is 1. The molecule has 7 nitrogen and oxygen atoms in total. The minimum Gasteiger partial charge on any atom is -0.468 e. The van der Waals surface area contributed by atoms with Crippen LogP contribution in [0, 0.1) is 0 Å². The molecule has 0 heterocycles. The van der Waals surface area contributed by atoms with Crippen molar-refractivity contribution in [2.75, 3.05) is 13.7 Å². The molecular formula is C15H19N3O4. The van der Waals surface area contributed by atoms with Gasteiger partial charge in [0.2, 0.25) is 5.91 Å². The molecule has 118 valence electrons. The summed E-state index contributed by atoms with van der Waals surface area (Å²) in [5, 5.41) is 4.80. The molecule has 22 heavy (non-hydrogen) atoms. The summed E-state index contributed by atoms with van der Waals surface area (Å²) in [6.45, 7) is 1.21. The first-order valence-electron chi connectivity index (χ1n) is 6.62. The van der Waals surface area contributed by atoms with Gasteiger partial charge in [-0.1, -0.05) is 30.3 Å². The molecule has 7 heteroatoms. The molecule has 0 aliphatic rings. The van der Waals surface area contributed by atoms with Gasteiger partial charge in [0.1, 0.15) is 12.2 Å². The van der Waals surface area contributed by atoms with Gasteiger partial charge >= 0.3 is 5.97 Å². The highest BCUT2D eigenvalue weighted by molar-refractivity contribution is 6.02. The third kappa shape index (κ3) is 5.76. The summed E-state index contributed by atoms with van der Waals surface area (Å²) in [4.78, 5) is 34.8. The Labute approximate surface area is 128 Å². The molecule has 2 amide bonds. The van der Waals surface area contributed by atoms with Gasteiger partial charge in [-0.2, -0.15) is 0 Å². The molecule has 1 aromatic rings. The number of methoxy groups -OCH3 is 1. The van der Waals surface area contributed by atoms with Crippen molar-refractivity contribution in [1.29, 1.82) is 0 Å². The molecule has 0 radical (unpaired) electrons. The van der Waals surface area contributed by atoms with Gasteiger partial charge in [0.05, 0.1) is 13.2 Å². The highest BCUT2D eigenvalue weighted by atomic mass is 16.5. The summed E-state index contributed by atoms with van der Waals surface area (Å²) in [7, 11) is 1.22. The lowest BCUT2D eigenvalue weighted by Gasteiger charge is -2.12. The smallest absolute Gasteiger partial charge is 0.325 e. The van der Waals surface area contributed by atoms with Crippen LogP contribution in [0.3, 0.4) is 0 Å². The number of hydrogen-bond acceptors (Lipinski definition) is 5. The number of esters is 1. The van der Waals surface area contributed by atoms with E-state index in [0.29, 0.717) is 0 Å². The second-order valence-electron chi connectivity index (χ2n) is 4.51. The average molecular weight is 305 g/mol. The molecule has 1 rings (SSSR count). The monoisotopic (exact) mass is 305 g/mol. The van der Waals surface area contributed by atoms with Crippen LogP contribution in [0.15, 0.2) is 36.0 Å². The van der Waals surface area contributed by atoms with E-state index in [1.165, 1.54) is 20.1 Å². The van der Waals surface area contributed by atoms with E-state index in [2.05, 4.69) is 15.4 Å². The fraction of sp³-hybridized carbons (Fsp3) is 0.267. The van der Waals surface area contributed by atoms with E-state index in [0.717, 1.165) is 5.56 Å². The number of hydrogen-bond donors (Lipinski definition) is 3. The normalized spacial score (nSPS) is 12.2. The third-order valence-electron chi connectivity index (χ3n) is 2.65. The lowest BCUT2D eigenvalue weighted by Crippen LogP contribution is -2.42. The molecule has 0 saturated carbocycles. The van der Waals surface area contributed by atoms with Gasteiger partial charge in [-0.15, -0.1) is 0 Å². The van der Waals surface area contributed by atoms with Gasteiger partial charge in [0.15, 0.2) is 0 Å². The van der Waals surface area contributed by atoms with Crippen molar-refractivity contribution in [2.24, 2.45) is 5.73 Å². The van der Waals surface area contributed by atoms with E-state index in [1.54, 1.807) is 24.3 Å². The predicted octanol–water partition coefficient (Wildman–Crippen LogP) is -0.220. The second kappa shape index (κ2) is 8.58. The second-order valence-corrected chi connectivity index (χ2v) is 4.51. The minimum absolute atomic E-state index is 0.00240. The van der Waals surface area contributed by atoms with Crippen molar-refractivity contribution < 1.29 is 19.1 Å². The first-order chi connectivity index (χ1) is 10.4. The Morgan fingerprint density at radius 1 is 1.27 bits per heavy atom. The summed E-state index contributed by atoms with van der Waals surface area (Å²) in [6, 6.07) is 8.19. The van der Waals surface area contributed by atoms with E-state index in [-0.39, 0.29) is 12.2 Å². The van der Waals surface area contributed by atoms with Gasteiger partial charge in [0.25, 0.3) is 5.91 Å². The number of carbonyl (C=O) groups excluding carboxylic acids is 3. The minimum atomic E-state index is -0.771. The lowest BCUT2D eigenvalue weighted by atomic mass is 10.2. The van der Waals surface area contributed by atoms with Gasteiger partial charge in [-0.05, 0) is 18.6 Å². The highest BCUT2D eigenvalue weighted by Crippen LogP contribution is 2.05. The summed E-state index contributed by atoms with van der Waals surface area (Å²) >= 11 is 0. The SMILES string of the molecule is COC(=O)CNC(=O)/C(=C/c1ccccc1)NC(=O)[C@H](C)N. The van der Waals surface area contributed by atoms with Crippen LogP contribution in [0.25, 0.3) is 6.08 Å². The summed E-state index contributed by atoms with van der Waals surface area (Å²) in [5.41, 5.74) is 6.19. The quantitative estimate of drug-likeness (QED) is 0.497. The molecule has 0 aliphatic heterocycles. The maximum absolute atomic E-state index is 12.1. The number of ether oxygens (including phenoxy) is 1. The molecule has 0 spiro atoms. The van der Waals surface area contributed by atoms with Gasteiger partial charge < -0.3 is 21.1 Å². The van der Waals surface area contributed by atoms with Gasteiger partial charge in [-0.25, -0.2) is 0 Å². The van der Waals surface area contributed by atoms with Crippen molar-refractivity contribution in [3.63, 3.8) is 0 Å². The molecule has 0 bridgehead atoms. The molecule has 4 N–H and O–H groups in total. The van der Waals surface area contributed by atoms with Crippen molar-refractivity contribution in [1.82, 2.24) is 10.6 Å². The van der Waals surface area contributed by atoms with Crippen molar-refractivity contribution in [2.45, 2.75) is 13.0 Å². The van der Waals surface area contributed by atoms with E-state index < -0.39 is 23.8 Å². The number of rotatable bonds is 6. The van der Waals surface area contributed by atoms with Crippen LogP contribution in [0.2, 0.25) is 0 Å². The standard InChI is InChI=1S/C15H19N3O4/c1-10(16)14(20)18-12(8-11-6-4-3-5-7-11)15(21)17-9-13(19)22-2/h3-8,10H,9,16H2,1-2H3,(H,17,21)(H,18,20)/b12-8-/t10-/m0/s1. The zero-order chi connectivity index (χ0) is 16.5. The van der Waals surface area contributed by atoms with Gasteiger partial charge in [0, 0.05) is 0 Å². The Hall–Kier alpha value is -2.67. The van der Waals surface area contributed by atoms with E-state index in [1.807, 2.05) is 6.07 Å². The summed E-state index contributed by atoms with van der Waals surface area (Å²) < 4.78 is 4.44. The van der Waals surface area contributed by atoms with E-state index >= 15 is 0 Å². The number of amides is 2. The highest BCUT2D eigenvalue weighted by Gasteiger charge is 2.16. The van der Waals surface area contributed by atoms with Crippen LogP contribution >= 0.6 is 0 Å². The van der Waals surface area contributed by atoms with Crippen LogP contribution in [-0.2, 0) is 19.1 Å². The van der Waals surface area contributed by atoms with Crippen molar-refractivity contribution >= 4 is 23.9 Å². The molecule has 0 fully saturated rings. The fourth-order valence-corrected chi connectivity index (χ4v) is 1.44. The van der Waals surface area contributed by atoms with E-state index in [4.69, 9.17) is 5.73 Å². The summed E-state index contributed by atoms with van der Waals surface area (Å²) in [6.07, 6.45) is 1.49. The Morgan fingerprint density at radius 3 is 2.45 bits per heavy atom. The van der Waals surface area contributed by atoms with Crippen molar-refractivity contribution in [3.8, 4) is 0 Å². The fourth-order valence-electron chi connectivity index (χ4n) is 1.44. The number of nitrogens with two attached hydrogens (primary N) is 1. The molecule has 0 saturated heterocycles. The lowest BCUT2D eigenvalue weighted by molar-refractivity contribution is -0.140. The first kappa shape index (κ1) is 17.4. The van der Waals surface area contributed by atoms with Gasteiger partial charge in [-0.3, -0.25) is 14.4 Å².